The summed E-state index contributed by atoms with van der Waals surface area (Å²) in [5.41, 5.74) is 0.558. The molecule has 0 aliphatic rings. The first-order valence-electron chi connectivity index (χ1n) is 6.34. The molecule has 122 valence electrons. The second-order valence-electron chi connectivity index (χ2n) is 4.58. The second-order valence-corrected chi connectivity index (χ2v) is 6.41. The molecule has 0 spiro atoms. The van der Waals surface area contributed by atoms with Crippen molar-refractivity contribution < 1.29 is 17.2 Å². The molecule has 0 unspecified atom stereocenters. The van der Waals surface area contributed by atoms with Crippen molar-refractivity contribution in [1.29, 1.82) is 0 Å². The Bertz CT molecular complexity index is 984. The van der Waals surface area contributed by atoms with Gasteiger partial charge in [0.25, 0.3) is 10.0 Å². The standard InChI is InChI=1S/C14H13F2N3O3S/c1-3-9(15)6-11(16)8(2)23(21,22)19-10-4-5-12-13(7-10)18-14(20)17-12/h3-7,19H,1H2,2H3,(H2,17,18,20)/b9-6+,11-8-. The van der Waals surface area contributed by atoms with Crippen LogP contribution in [0.1, 0.15) is 6.92 Å². The number of aromatic nitrogens is 2. The molecule has 9 heteroatoms. The number of allylic oxidation sites excluding steroid dienone is 5. The first-order valence-corrected chi connectivity index (χ1v) is 7.82. The lowest BCUT2D eigenvalue weighted by Crippen LogP contribution is -2.14. The van der Waals surface area contributed by atoms with Crippen LogP contribution in [-0.2, 0) is 10.0 Å². The molecule has 1 heterocycles. The highest BCUT2D eigenvalue weighted by Crippen LogP contribution is 2.21. The predicted octanol–water partition coefficient (Wildman–Crippen LogP) is 2.84. The Morgan fingerprint density at radius 1 is 1.26 bits per heavy atom. The maximum atomic E-state index is 13.7. The summed E-state index contributed by atoms with van der Waals surface area (Å²) in [5, 5.41) is 0. The molecule has 0 saturated heterocycles. The summed E-state index contributed by atoms with van der Waals surface area (Å²) in [4.78, 5) is 15.4. The van der Waals surface area contributed by atoms with Gasteiger partial charge in [0.2, 0.25) is 0 Å². The molecule has 6 nitrogen and oxygen atoms in total. The van der Waals surface area contributed by atoms with Gasteiger partial charge in [-0.25, -0.2) is 22.0 Å². The summed E-state index contributed by atoms with van der Waals surface area (Å²) >= 11 is 0. The second kappa shape index (κ2) is 6.21. The van der Waals surface area contributed by atoms with Crippen molar-refractivity contribution in [2.24, 2.45) is 0 Å². The lowest BCUT2D eigenvalue weighted by atomic mass is 10.3. The van der Waals surface area contributed by atoms with Gasteiger partial charge in [-0.3, -0.25) is 4.72 Å². The van der Waals surface area contributed by atoms with Gasteiger partial charge in [0.15, 0.2) is 0 Å². The van der Waals surface area contributed by atoms with Crippen LogP contribution in [0, 0.1) is 0 Å². The third-order valence-corrected chi connectivity index (χ3v) is 4.47. The van der Waals surface area contributed by atoms with Crippen LogP contribution < -0.4 is 10.4 Å². The van der Waals surface area contributed by atoms with Gasteiger partial charge >= 0.3 is 5.69 Å². The fourth-order valence-corrected chi connectivity index (χ4v) is 2.64. The normalized spacial score (nSPS) is 13.8. The van der Waals surface area contributed by atoms with Crippen LogP contribution in [-0.4, -0.2) is 18.4 Å². The molecule has 0 amide bonds. The largest absolute Gasteiger partial charge is 0.323 e. The van der Waals surface area contributed by atoms with E-state index in [0.717, 1.165) is 13.0 Å². The van der Waals surface area contributed by atoms with Gasteiger partial charge in [-0.05, 0) is 31.2 Å². The quantitative estimate of drug-likeness (QED) is 0.730. The summed E-state index contributed by atoms with van der Waals surface area (Å²) in [7, 11) is -4.22. The highest BCUT2D eigenvalue weighted by Gasteiger charge is 2.18. The van der Waals surface area contributed by atoms with E-state index in [1.54, 1.807) is 0 Å². The minimum absolute atomic E-state index is 0.119. The van der Waals surface area contributed by atoms with Gasteiger partial charge in [0.05, 0.1) is 21.6 Å². The molecule has 0 atom stereocenters. The number of nitrogens with one attached hydrogen (secondary N) is 3. The minimum atomic E-state index is -4.22. The monoisotopic (exact) mass is 341 g/mol. The van der Waals surface area contributed by atoms with E-state index in [-0.39, 0.29) is 5.69 Å². The van der Waals surface area contributed by atoms with Crippen LogP contribution in [0.25, 0.3) is 11.0 Å². The summed E-state index contributed by atoms with van der Waals surface area (Å²) in [5.74, 6) is -2.24. The van der Waals surface area contributed by atoms with E-state index in [9.17, 15) is 22.0 Å². The average molecular weight is 341 g/mol. The molecule has 3 N–H and O–H groups in total. The number of hydrogen-bond donors (Lipinski definition) is 3. The predicted molar refractivity (Wildman–Crippen MR) is 84.7 cm³/mol. The molecule has 0 aliphatic carbocycles. The molecule has 1 aromatic carbocycles. The summed E-state index contributed by atoms with van der Waals surface area (Å²) in [6, 6.07) is 4.25. The Morgan fingerprint density at radius 2 is 1.91 bits per heavy atom. The van der Waals surface area contributed by atoms with E-state index in [1.807, 2.05) is 0 Å². The Labute approximate surface area is 130 Å². The molecule has 2 aromatic rings. The van der Waals surface area contributed by atoms with Crippen molar-refractivity contribution in [3.8, 4) is 0 Å². The number of sulfonamides is 1. The number of H-pyrrole nitrogens is 2. The highest BCUT2D eigenvalue weighted by molar-refractivity contribution is 7.96. The van der Waals surface area contributed by atoms with Gasteiger partial charge in [0, 0.05) is 6.08 Å². The Morgan fingerprint density at radius 3 is 2.57 bits per heavy atom. The van der Waals surface area contributed by atoms with E-state index in [2.05, 4.69) is 21.3 Å². The molecule has 1 aromatic heterocycles. The van der Waals surface area contributed by atoms with E-state index in [1.165, 1.54) is 18.2 Å². The van der Waals surface area contributed by atoms with Crippen molar-refractivity contribution in [1.82, 2.24) is 9.97 Å². The van der Waals surface area contributed by atoms with Crippen molar-refractivity contribution in [3.05, 3.63) is 64.0 Å². The first-order chi connectivity index (χ1) is 10.7. The highest BCUT2D eigenvalue weighted by atomic mass is 32.2. The van der Waals surface area contributed by atoms with Gasteiger partial charge in [-0.2, -0.15) is 0 Å². The van der Waals surface area contributed by atoms with Gasteiger partial charge < -0.3 is 9.97 Å². The number of aromatic amines is 2. The molecular weight excluding hydrogens is 328 g/mol. The topological polar surface area (TPSA) is 94.8 Å². The van der Waals surface area contributed by atoms with Crippen molar-refractivity contribution in [2.45, 2.75) is 6.92 Å². The van der Waals surface area contributed by atoms with Crippen LogP contribution in [0.5, 0.6) is 0 Å². The SMILES string of the molecule is C=C/C(F)=C\C(F)=C(/C)S(=O)(=O)Nc1ccc2[nH]c(=O)[nH]c2c1. The molecule has 0 aliphatic heterocycles. The number of halogens is 2. The fraction of sp³-hybridized carbons (Fsp3) is 0.0714. The number of fused-ring (bicyclic) bond motifs is 1. The van der Waals surface area contributed by atoms with Crippen LogP contribution >= 0.6 is 0 Å². The van der Waals surface area contributed by atoms with Crippen LogP contribution in [0.15, 0.2) is 58.3 Å². The molecule has 0 bridgehead atoms. The first kappa shape index (κ1) is 16.7. The van der Waals surface area contributed by atoms with Crippen molar-refractivity contribution in [3.63, 3.8) is 0 Å². The zero-order chi connectivity index (χ0) is 17.2. The molecule has 0 radical (unpaired) electrons. The molecular formula is C14H13F2N3O3S. The van der Waals surface area contributed by atoms with Crippen LogP contribution in [0.3, 0.4) is 0 Å². The van der Waals surface area contributed by atoms with Crippen molar-refractivity contribution in [2.75, 3.05) is 4.72 Å². The van der Waals surface area contributed by atoms with Gasteiger partial charge in [0.1, 0.15) is 11.7 Å². The summed E-state index contributed by atoms with van der Waals surface area (Å²) in [6.07, 6.45) is 1.18. The van der Waals surface area contributed by atoms with E-state index < -0.39 is 32.3 Å². The third-order valence-electron chi connectivity index (χ3n) is 2.97. The molecule has 0 saturated carbocycles. The zero-order valence-corrected chi connectivity index (χ0v) is 12.8. The lowest BCUT2D eigenvalue weighted by Gasteiger charge is -2.08. The maximum Gasteiger partial charge on any atom is 0.323 e. The smallest absolute Gasteiger partial charge is 0.306 e. The molecule has 0 fully saturated rings. The fourth-order valence-electron chi connectivity index (χ4n) is 1.74. The Balaban J connectivity index is 2.37. The number of hydrogen-bond acceptors (Lipinski definition) is 3. The summed E-state index contributed by atoms with van der Waals surface area (Å²) < 4.78 is 53.0. The zero-order valence-electron chi connectivity index (χ0n) is 12.0. The van der Waals surface area contributed by atoms with Crippen LogP contribution in [0.4, 0.5) is 14.5 Å². The van der Waals surface area contributed by atoms with E-state index >= 15 is 0 Å². The van der Waals surface area contributed by atoms with E-state index in [0.29, 0.717) is 17.1 Å². The molecule has 23 heavy (non-hydrogen) atoms. The Hall–Kier alpha value is -2.68. The number of imidazole rings is 1. The third kappa shape index (κ3) is 3.75. The average Bonchev–Trinajstić information content (AvgIpc) is 2.85. The van der Waals surface area contributed by atoms with E-state index in [4.69, 9.17) is 0 Å². The lowest BCUT2D eigenvalue weighted by molar-refractivity contribution is 0.599. The molecule has 2 rings (SSSR count). The number of benzene rings is 1. The summed E-state index contributed by atoms with van der Waals surface area (Å²) in [6.45, 7) is 4.11. The van der Waals surface area contributed by atoms with Gasteiger partial charge in [-0.1, -0.05) is 6.58 Å². The van der Waals surface area contributed by atoms with Crippen molar-refractivity contribution >= 4 is 26.7 Å². The number of rotatable bonds is 5. The van der Waals surface area contributed by atoms with Gasteiger partial charge in [-0.15, -0.1) is 0 Å². The number of anilines is 1. The van der Waals surface area contributed by atoms with Crippen LogP contribution in [0.2, 0.25) is 0 Å². The maximum absolute atomic E-state index is 13.7. The minimum Gasteiger partial charge on any atom is -0.306 e. The Kier molecular flexibility index (Phi) is 4.50.